The van der Waals surface area contributed by atoms with Crippen molar-refractivity contribution in [3.63, 3.8) is 0 Å². The Labute approximate surface area is 49.2 Å². The van der Waals surface area contributed by atoms with Crippen molar-refractivity contribution >= 4 is 0 Å². The molecule has 0 saturated carbocycles. The zero-order chi connectivity index (χ0) is 5.82. The highest BCUT2D eigenvalue weighted by Gasteiger charge is 2.09. The molecule has 0 spiro atoms. The Morgan fingerprint density at radius 1 is 1.75 bits per heavy atom. The van der Waals surface area contributed by atoms with Crippen LogP contribution in [0.3, 0.4) is 0 Å². The number of hydrogen-bond donors (Lipinski definition) is 2. The SMILES string of the molecule is NCC1CCNCO1. The Hall–Kier alpha value is -0.120. The number of nitrogens with two attached hydrogens (primary N) is 1. The third-order valence-electron chi connectivity index (χ3n) is 1.33. The normalized spacial score (nSPS) is 30.4. The summed E-state index contributed by atoms with van der Waals surface area (Å²) in [6.07, 6.45) is 1.35. The lowest BCUT2D eigenvalue weighted by Gasteiger charge is -2.21. The van der Waals surface area contributed by atoms with Gasteiger partial charge in [0.25, 0.3) is 0 Å². The van der Waals surface area contributed by atoms with Crippen LogP contribution in [0.4, 0.5) is 0 Å². The summed E-state index contributed by atoms with van der Waals surface area (Å²) in [6, 6.07) is 0. The molecule has 0 bridgehead atoms. The first-order chi connectivity index (χ1) is 3.93. The molecule has 3 nitrogen and oxygen atoms in total. The Kier molecular flexibility index (Phi) is 2.27. The first-order valence-electron chi connectivity index (χ1n) is 2.96. The minimum absolute atomic E-state index is 0.302. The summed E-state index contributed by atoms with van der Waals surface area (Å²) in [6.45, 7) is 2.37. The van der Waals surface area contributed by atoms with E-state index >= 15 is 0 Å². The van der Waals surface area contributed by atoms with Gasteiger partial charge in [-0.05, 0) is 13.0 Å². The van der Waals surface area contributed by atoms with Crippen molar-refractivity contribution in [2.75, 3.05) is 19.8 Å². The quantitative estimate of drug-likeness (QED) is 0.475. The summed E-state index contributed by atoms with van der Waals surface area (Å²) in [5, 5.41) is 3.07. The van der Waals surface area contributed by atoms with Gasteiger partial charge in [-0.2, -0.15) is 0 Å². The lowest BCUT2D eigenvalue weighted by molar-refractivity contribution is 0.0133. The molecule has 0 aromatic rings. The van der Waals surface area contributed by atoms with Gasteiger partial charge in [0, 0.05) is 6.54 Å². The molecular formula is C5H12N2O. The first-order valence-corrected chi connectivity index (χ1v) is 2.96. The molecule has 1 rings (SSSR count). The molecule has 3 heteroatoms. The molecule has 0 aromatic carbocycles. The molecule has 0 radical (unpaired) electrons. The molecule has 48 valence electrons. The van der Waals surface area contributed by atoms with E-state index in [4.69, 9.17) is 10.5 Å². The van der Waals surface area contributed by atoms with Crippen LogP contribution in [-0.2, 0) is 4.74 Å². The van der Waals surface area contributed by atoms with Crippen LogP contribution < -0.4 is 11.1 Å². The average Bonchev–Trinajstić information content (AvgIpc) is 1.90. The topological polar surface area (TPSA) is 47.3 Å². The van der Waals surface area contributed by atoms with Crippen LogP contribution in [0.2, 0.25) is 0 Å². The summed E-state index contributed by atoms with van der Waals surface area (Å²) in [5.74, 6) is 0. The van der Waals surface area contributed by atoms with Crippen LogP contribution in [0, 0.1) is 0 Å². The zero-order valence-electron chi connectivity index (χ0n) is 4.89. The summed E-state index contributed by atoms with van der Waals surface area (Å²) < 4.78 is 5.19. The van der Waals surface area contributed by atoms with Gasteiger partial charge in [-0.25, -0.2) is 0 Å². The van der Waals surface area contributed by atoms with Crippen LogP contribution in [0.15, 0.2) is 0 Å². The van der Waals surface area contributed by atoms with Crippen molar-refractivity contribution in [3.8, 4) is 0 Å². The van der Waals surface area contributed by atoms with E-state index < -0.39 is 0 Å². The van der Waals surface area contributed by atoms with Crippen molar-refractivity contribution in [3.05, 3.63) is 0 Å². The van der Waals surface area contributed by atoms with Gasteiger partial charge in [-0.15, -0.1) is 0 Å². The first kappa shape index (κ1) is 6.01. The largest absolute Gasteiger partial charge is 0.362 e. The Bertz CT molecular complexity index is 61.4. The van der Waals surface area contributed by atoms with Crippen molar-refractivity contribution < 1.29 is 4.74 Å². The standard InChI is InChI=1S/C5H12N2O/c6-3-5-1-2-7-4-8-5/h5,7H,1-4,6H2. The molecule has 1 heterocycles. The molecule has 0 aliphatic carbocycles. The van der Waals surface area contributed by atoms with E-state index in [1.807, 2.05) is 0 Å². The van der Waals surface area contributed by atoms with E-state index in [0.29, 0.717) is 19.4 Å². The molecule has 3 N–H and O–H groups in total. The van der Waals surface area contributed by atoms with E-state index in [0.717, 1.165) is 13.0 Å². The lowest BCUT2D eigenvalue weighted by atomic mass is 10.2. The van der Waals surface area contributed by atoms with Gasteiger partial charge in [-0.1, -0.05) is 0 Å². The van der Waals surface area contributed by atoms with Crippen molar-refractivity contribution in [2.24, 2.45) is 5.73 Å². The summed E-state index contributed by atoms with van der Waals surface area (Å²) >= 11 is 0. The maximum Gasteiger partial charge on any atom is 0.0969 e. The molecule has 1 fully saturated rings. The minimum atomic E-state index is 0.302. The van der Waals surface area contributed by atoms with E-state index in [-0.39, 0.29) is 0 Å². The molecule has 0 amide bonds. The lowest BCUT2D eigenvalue weighted by Crippen LogP contribution is -2.37. The highest BCUT2D eigenvalue weighted by molar-refractivity contribution is 4.63. The van der Waals surface area contributed by atoms with Crippen molar-refractivity contribution in [1.29, 1.82) is 0 Å². The number of ether oxygens (including phenoxy) is 1. The molecule has 1 unspecified atom stereocenters. The Balaban J connectivity index is 2.13. The Morgan fingerprint density at radius 3 is 3.00 bits per heavy atom. The molecular weight excluding hydrogens is 104 g/mol. The highest BCUT2D eigenvalue weighted by atomic mass is 16.5. The second-order valence-corrected chi connectivity index (χ2v) is 1.96. The molecule has 1 atom stereocenters. The summed E-state index contributed by atoms with van der Waals surface area (Å²) in [7, 11) is 0. The average molecular weight is 116 g/mol. The molecule has 1 aliphatic heterocycles. The van der Waals surface area contributed by atoms with E-state index in [9.17, 15) is 0 Å². The van der Waals surface area contributed by atoms with Gasteiger partial charge in [-0.3, -0.25) is 5.32 Å². The summed E-state index contributed by atoms with van der Waals surface area (Å²) in [4.78, 5) is 0. The number of nitrogens with one attached hydrogen (secondary N) is 1. The van der Waals surface area contributed by atoms with Gasteiger partial charge in [0.2, 0.25) is 0 Å². The Morgan fingerprint density at radius 2 is 2.62 bits per heavy atom. The van der Waals surface area contributed by atoms with E-state index in [1.54, 1.807) is 0 Å². The monoisotopic (exact) mass is 116 g/mol. The third kappa shape index (κ3) is 1.43. The molecule has 8 heavy (non-hydrogen) atoms. The second kappa shape index (κ2) is 3.02. The molecule has 1 aliphatic rings. The van der Waals surface area contributed by atoms with Crippen molar-refractivity contribution in [1.82, 2.24) is 5.32 Å². The predicted molar refractivity (Wildman–Crippen MR) is 31.4 cm³/mol. The zero-order valence-corrected chi connectivity index (χ0v) is 4.89. The minimum Gasteiger partial charge on any atom is -0.362 e. The fourth-order valence-electron chi connectivity index (χ4n) is 0.781. The second-order valence-electron chi connectivity index (χ2n) is 1.96. The maximum absolute atomic E-state index is 5.35. The van der Waals surface area contributed by atoms with Gasteiger partial charge in [0.05, 0.1) is 12.8 Å². The van der Waals surface area contributed by atoms with Crippen LogP contribution in [-0.4, -0.2) is 25.9 Å². The number of rotatable bonds is 1. The van der Waals surface area contributed by atoms with Crippen LogP contribution in [0.5, 0.6) is 0 Å². The fraction of sp³-hybridized carbons (Fsp3) is 1.00. The number of hydrogen-bond acceptors (Lipinski definition) is 3. The summed E-state index contributed by atoms with van der Waals surface area (Å²) in [5.41, 5.74) is 5.35. The maximum atomic E-state index is 5.35. The molecule has 0 aromatic heterocycles. The fourth-order valence-corrected chi connectivity index (χ4v) is 0.781. The highest BCUT2D eigenvalue weighted by Crippen LogP contribution is 1.97. The van der Waals surface area contributed by atoms with Crippen LogP contribution >= 0.6 is 0 Å². The smallest absolute Gasteiger partial charge is 0.0969 e. The van der Waals surface area contributed by atoms with Gasteiger partial charge >= 0.3 is 0 Å². The van der Waals surface area contributed by atoms with E-state index in [1.165, 1.54) is 0 Å². The van der Waals surface area contributed by atoms with Gasteiger partial charge < -0.3 is 10.5 Å². The third-order valence-corrected chi connectivity index (χ3v) is 1.33. The van der Waals surface area contributed by atoms with Gasteiger partial charge in [0.15, 0.2) is 0 Å². The van der Waals surface area contributed by atoms with Crippen LogP contribution in [0.25, 0.3) is 0 Å². The molecule has 1 saturated heterocycles. The van der Waals surface area contributed by atoms with Gasteiger partial charge in [0.1, 0.15) is 0 Å². The van der Waals surface area contributed by atoms with E-state index in [2.05, 4.69) is 5.32 Å². The van der Waals surface area contributed by atoms with Crippen molar-refractivity contribution in [2.45, 2.75) is 12.5 Å². The predicted octanol–water partition coefficient (Wildman–Crippen LogP) is -0.719. The van der Waals surface area contributed by atoms with Crippen LogP contribution in [0.1, 0.15) is 6.42 Å².